The molecule has 0 bridgehead atoms. The molecule has 0 aromatic heterocycles. The van der Waals surface area contributed by atoms with Crippen LogP contribution in [-0.4, -0.2) is 110 Å². The highest BCUT2D eigenvalue weighted by Crippen LogP contribution is 2.41. The lowest BCUT2D eigenvalue weighted by atomic mass is 9.80. The summed E-state index contributed by atoms with van der Waals surface area (Å²) in [5.41, 5.74) is 2.90. The molecule has 0 radical (unpaired) electrons. The molecule has 1 aliphatic heterocycles. The molecule has 0 saturated heterocycles. The number of methoxy groups -OCH3 is 2. The van der Waals surface area contributed by atoms with E-state index in [1.54, 1.807) is 38.5 Å². The van der Waals surface area contributed by atoms with Crippen LogP contribution in [0.5, 0.6) is 11.5 Å². The number of fused-ring (bicyclic) bond motifs is 1. The summed E-state index contributed by atoms with van der Waals surface area (Å²) in [5, 5.41) is 0. The van der Waals surface area contributed by atoms with Crippen molar-refractivity contribution >= 4 is 11.8 Å². The van der Waals surface area contributed by atoms with Gasteiger partial charge < -0.3 is 37.9 Å². The van der Waals surface area contributed by atoms with Gasteiger partial charge in [0.25, 0.3) is 11.8 Å². The number of amides is 2. The Labute approximate surface area is 305 Å². The number of nitrogens with zero attached hydrogens (tertiary/aromatic N) is 1. The van der Waals surface area contributed by atoms with Crippen molar-refractivity contribution in [2.24, 2.45) is 0 Å². The molecule has 11 heteroatoms. The van der Waals surface area contributed by atoms with Gasteiger partial charge in [-0.05, 0) is 53.1 Å². The first-order chi connectivity index (χ1) is 25.6. The number of hydrogen-bond donors (Lipinski definition) is 0. The molecular formula is C41H47NO10. The fourth-order valence-electron chi connectivity index (χ4n) is 5.91. The highest BCUT2D eigenvalue weighted by molar-refractivity contribution is 6.21. The Balaban J connectivity index is 0.936. The van der Waals surface area contributed by atoms with Crippen molar-refractivity contribution in [2.75, 3.05) is 93.4 Å². The SMILES string of the molecule is COc1ccc(C(OCCOCCOCCOCCOCCOCCN2C(=O)c3ccccc3C2=O)(c2ccccc2)c2ccc(OC)cc2)cc1. The van der Waals surface area contributed by atoms with E-state index in [2.05, 4.69) is 12.1 Å². The summed E-state index contributed by atoms with van der Waals surface area (Å²) in [6, 6.07) is 32.8. The second-order valence-electron chi connectivity index (χ2n) is 11.7. The third-order valence-corrected chi connectivity index (χ3v) is 8.55. The molecule has 0 atom stereocenters. The minimum Gasteiger partial charge on any atom is -0.497 e. The molecule has 4 aromatic carbocycles. The zero-order valence-electron chi connectivity index (χ0n) is 29.8. The van der Waals surface area contributed by atoms with Crippen LogP contribution in [0.2, 0.25) is 0 Å². The molecule has 0 spiro atoms. The number of carbonyl (C=O) groups excluding carboxylic acids is 2. The van der Waals surface area contributed by atoms with Crippen molar-refractivity contribution in [1.82, 2.24) is 4.90 Å². The predicted molar refractivity (Wildman–Crippen MR) is 194 cm³/mol. The maximum absolute atomic E-state index is 12.4. The van der Waals surface area contributed by atoms with E-state index in [9.17, 15) is 9.59 Å². The first kappa shape index (κ1) is 38.6. The zero-order valence-corrected chi connectivity index (χ0v) is 29.8. The van der Waals surface area contributed by atoms with Gasteiger partial charge in [-0.1, -0.05) is 66.7 Å². The largest absolute Gasteiger partial charge is 0.497 e. The van der Waals surface area contributed by atoms with Crippen molar-refractivity contribution in [1.29, 1.82) is 0 Å². The third kappa shape index (κ3) is 10.0. The molecule has 0 saturated carbocycles. The van der Waals surface area contributed by atoms with Gasteiger partial charge in [-0.25, -0.2) is 0 Å². The first-order valence-corrected chi connectivity index (χ1v) is 17.4. The van der Waals surface area contributed by atoms with Gasteiger partial charge in [0.05, 0.1) is 105 Å². The molecule has 2 amide bonds. The van der Waals surface area contributed by atoms with Crippen LogP contribution >= 0.6 is 0 Å². The first-order valence-electron chi connectivity index (χ1n) is 17.4. The van der Waals surface area contributed by atoms with Crippen LogP contribution in [0, 0.1) is 0 Å². The van der Waals surface area contributed by atoms with Gasteiger partial charge in [-0.2, -0.15) is 0 Å². The molecule has 0 fully saturated rings. The molecule has 52 heavy (non-hydrogen) atoms. The molecule has 0 unspecified atom stereocenters. The maximum Gasteiger partial charge on any atom is 0.261 e. The second kappa shape index (κ2) is 20.4. The fourth-order valence-corrected chi connectivity index (χ4v) is 5.91. The lowest BCUT2D eigenvalue weighted by Gasteiger charge is -2.36. The number of benzene rings is 4. The molecule has 1 heterocycles. The van der Waals surface area contributed by atoms with Gasteiger partial charge >= 0.3 is 0 Å². The monoisotopic (exact) mass is 713 g/mol. The third-order valence-electron chi connectivity index (χ3n) is 8.55. The van der Waals surface area contributed by atoms with Gasteiger partial charge in [-0.3, -0.25) is 14.5 Å². The smallest absolute Gasteiger partial charge is 0.261 e. The van der Waals surface area contributed by atoms with Crippen molar-refractivity contribution in [2.45, 2.75) is 5.60 Å². The van der Waals surface area contributed by atoms with Crippen LogP contribution in [-0.2, 0) is 34.0 Å². The predicted octanol–water partition coefficient (Wildman–Crippen LogP) is 5.39. The van der Waals surface area contributed by atoms with Crippen molar-refractivity contribution in [3.63, 3.8) is 0 Å². The second-order valence-corrected chi connectivity index (χ2v) is 11.7. The Kier molecular flexibility index (Phi) is 15.2. The van der Waals surface area contributed by atoms with Crippen LogP contribution in [0.15, 0.2) is 103 Å². The molecule has 5 rings (SSSR count). The van der Waals surface area contributed by atoms with Crippen LogP contribution in [0.1, 0.15) is 37.4 Å². The van der Waals surface area contributed by atoms with Crippen molar-refractivity contribution < 1.29 is 47.5 Å². The van der Waals surface area contributed by atoms with Gasteiger partial charge in [0.2, 0.25) is 0 Å². The summed E-state index contributed by atoms with van der Waals surface area (Å²) in [6.45, 7) is 4.49. The number of carbonyl (C=O) groups is 2. The molecule has 276 valence electrons. The Morgan fingerprint density at radius 2 is 0.808 bits per heavy atom. The van der Waals surface area contributed by atoms with E-state index in [-0.39, 0.29) is 25.0 Å². The Hall–Kier alpha value is -4.62. The summed E-state index contributed by atoms with van der Waals surface area (Å²) in [4.78, 5) is 26.0. The fraction of sp³-hybridized carbons (Fsp3) is 0.366. The van der Waals surface area contributed by atoms with E-state index in [1.807, 2.05) is 66.7 Å². The van der Waals surface area contributed by atoms with Gasteiger partial charge in [0.15, 0.2) is 0 Å². The molecule has 1 aliphatic rings. The standard InChI is InChI=1S/C41H47NO10/c1-45-35-16-12-33(13-17-35)41(32-8-4-3-5-9-32,34-14-18-36(46-2)19-15-34)52-31-30-51-29-28-50-27-26-49-25-24-48-23-22-47-21-20-42-39(43)37-10-6-7-11-38(37)40(42)44/h3-19H,20-31H2,1-2H3. The van der Waals surface area contributed by atoms with Crippen molar-refractivity contribution in [3.8, 4) is 11.5 Å². The van der Waals surface area contributed by atoms with Crippen LogP contribution in [0.3, 0.4) is 0 Å². The minimum atomic E-state index is -0.891. The van der Waals surface area contributed by atoms with E-state index in [4.69, 9.17) is 37.9 Å². The Morgan fingerprint density at radius 3 is 1.23 bits per heavy atom. The minimum absolute atomic E-state index is 0.207. The number of ether oxygens (including phenoxy) is 8. The average Bonchev–Trinajstić information content (AvgIpc) is 3.44. The summed E-state index contributed by atoms with van der Waals surface area (Å²) >= 11 is 0. The van der Waals surface area contributed by atoms with Crippen molar-refractivity contribution in [3.05, 3.63) is 131 Å². The highest BCUT2D eigenvalue weighted by atomic mass is 16.6. The number of rotatable bonds is 24. The highest BCUT2D eigenvalue weighted by Gasteiger charge is 2.38. The normalized spacial score (nSPS) is 12.7. The lowest BCUT2D eigenvalue weighted by molar-refractivity contribution is -0.0392. The Morgan fingerprint density at radius 1 is 0.442 bits per heavy atom. The molecule has 0 N–H and O–H groups in total. The van der Waals surface area contributed by atoms with Crippen LogP contribution < -0.4 is 9.47 Å². The van der Waals surface area contributed by atoms with Crippen LogP contribution in [0.4, 0.5) is 0 Å². The number of imide groups is 1. The molecular weight excluding hydrogens is 666 g/mol. The average molecular weight is 714 g/mol. The van der Waals surface area contributed by atoms with E-state index >= 15 is 0 Å². The van der Waals surface area contributed by atoms with Gasteiger partial charge in [0, 0.05) is 0 Å². The summed E-state index contributed by atoms with van der Waals surface area (Å²) in [5.74, 6) is 0.969. The van der Waals surface area contributed by atoms with E-state index < -0.39 is 5.60 Å². The summed E-state index contributed by atoms with van der Waals surface area (Å²) in [6.07, 6.45) is 0. The number of hydrogen-bond acceptors (Lipinski definition) is 10. The van der Waals surface area contributed by atoms with E-state index in [1.165, 1.54) is 4.90 Å². The van der Waals surface area contributed by atoms with Crippen LogP contribution in [0.25, 0.3) is 0 Å². The lowest BCUT2D eigenvalue weighted by Crippen LogP contribution is -2.34. The molecule has 11 nitrogen and oxygen atoms in total. The van der Waals surface area contributed by atoms with Gasteiger partial charge in [0.1, 0.15) is 17.1 Å². The molecule has 0 aliphatic carbocycles. The summed E-state index contributed by atoms with van der Waals surface area (Å²) in [7, 11) is 3.30. The van der Waals surface area contributed by atoms with E-state index in [0.29, 0.717) is 77.2 Å². The molecule has 4 aromatic rings. The summed E-state index contributed by atoms with van der Waals surface area (Å²) < 4.78 is 45.8. The Bertz CT molecular complexity index is 1580. The topological polar surface area (TPSA) is 111 Å². The zero-order chi connectivity index (χ0) is 36.4. The quantitative estimate of drug-likeness (QED) is 0.0533. The van der Waals surface area contributed by atoms with Gasteiger partial charge in [-0.15, -0.1) is 0 Å². The van der Waals surface area contributed by atoms with E-state index in [0.717, 1.165) is 28.2 Å². The maximum atomic E-state index is 12.4.